The monoisotopic (exact) mass is 341 g/mol. The number of hydrogen-bond donors (Lipinski definition) is 0. The first-order valence-corrected chi connectivity index (χ1v) is 8.85. The van der Waals surface area contributed by atoms with Crippen LogP contribution in [0.4, 0.5) is 0 Å². The molecular formula is C18H23N5O2. The summed E-state index contributed by atoms with van der Waals surface area (Å²) in [4.78, 5) is 23.2. The van der Waals surface area contributed by atoms with E-state index >= 15 is 0 Å². The molecule has 0 spiro atoms. The summed E-state index contributed by atoms with van der Waals surface area (Å²) in [5.41, 5.74) is 2.23. The smallest absolute Gasteiger partial charge is 0.274 e. The first-order chi connectivity index (χ1) is 12.2. The Balaban J connectivity index is 1.49. The molecule has 1 aliphatic carbocycles. The van der Waals surface area contributed by atoms with Crippen LogP contribution in [0.15, 0.2) is 24.7 Å². The Morgan fingerprint density at radius 1 is 1.20 bits per heavy atom. The SMILES string of the molecule is Cc1cnc(C(=O)N2Cc3ccnn3CC(COCC3CC3)C2)cn1. The Morgan fingerprint density at radius 2 is 2.04 bits per heavy atom. The lowest BCUT2D eigenvalue weighted by Crippen LogP contribution is -2.36. The first-order valence-electron chi connectivity index (χ1n) is 8.85. The highest BCUT2D eigenvalue weighted by Crippen LogP contribution is 2.29. The molecule has 4 rings (SSSR count). The fourth-order valence-electron chi connectivity index (χ4n) is 3.14. The van der Waals surface area contributed by atoms with Gasteiger partial charge in [0.1, 0.15) is 5.69 Å². The topological polar surface area (TPSA) is 73.1 Å². The average Bonchev–Trinajstić information content (AvgIpc) is 3.37. The van der Waals surface area contributed by atoms with Gasteiger partial charge in [-0.25, -0.2) is 4.98 Å². The van der Waals surface area contributed by atoms with E-state index in [2.05, 4.69) is 15.1 Å². The van der Waals surface area contributed by atoms with E-state index in [0.29, 0.717) is 25.4 Å². The van der Waals surface area contributed by atoms with Crippen LogP contribution in [0.25, 0.3) is 0 Å². The van der Waals surface area contributed by atoms with Crippen molar-refractivity contribution in [2.75, 3.05) is 19.8 Å². The number of carbonyl (C=O) groups is 1. The number of ether oxygens (including phenoxy) is 1. The highest BCUT2D eigenvalue weighted by Gasteiger charge is 2.28. The van der Waals surface area contributed by atoms with Gasteiger partial charge in [0.25, 0.3) is 5.91 Å². The molecule has 2 aliphatic rings. The van der Waals surface area contributed by atoms with Gasteiger partial charge in [0, 0.05) is 38.0 Å². The Bertz CT molecular complexity index is 738. The van der Waals surface area contributed by atoms with E-state index in [1.54, 1.807) is 18.6 Å². The number of aryl methyl sites for hydroxylation is 1. The van der Waals surface area contributed by atoms with Crippen LogP contribution in [0, 0.1) is 18.8 Å². The number of hydrogen-bond acceptors (Lipinski definition) is 5. The van der Waals surface area contributed by atoms with Crippen molar-refractivity contribution in [2.45, 2.75) is 32.9 Å². The van der Waals surface area contributed by atoms with Crippen LogP contribution in [0.5, 0.6) is 0 Å². The van der Waals surface area contributed by atoms with Gasteiger partial charge in [-0.05, 0) is 31.7 Å². The number of aromatic nitrogens is 4. The van der Waals surface area contributed by atoms with Gasteiger partial charge in [0.15, 0.2) is 0 Å². The number of carbonyl (C=O) groups excluding carboxylic acids is 1. The second-order valence-corrected chi connectivity index (χ2v) is 7.08. The normalized spacial score (nSPS) is 20.2. The Hall–Kier alpha value is -2.28. The Labute approximate surface area is 147 Å². The summed E-state index contributed by atoms with van der Waals surface area (Å²) in [5, 5.41) is 4.40. The molecule has 1 fully saturated rings. The van der Waals surface area contributed by atoms with E-state index in [-0.39, 0.29) is 11.8 Å². The number of fused-ring (bicyclic) bond motifs is 1. The zero-order chi connectivity index (χ0) is 17.2. The summed E-state index contributed by atoms with van der Waals surface area (Å²) in [5.74, 6) is 0.878. The molecule has 1 atom stereocenters. The maximum Gasteiger partial charge on any atom is 0.274 e. The summed E-state index contributed by atoms with van der Waals surface area (Å²) in [6.07, 6.45) is 7.54. The summed E-state index contributed by atoms with van der Waals surface area (Å²) >= 11 is 0. The third kappa shape index (κ3) is 3.87. The lowest BCUT2D eigenvalue weighted by Gasteiger charge is -2.23. The van der Waals surface area contributed by atoms with E-state index in [1.807, 2.05) is 22.6 Å². The minimum atomic E-state index is -0.0886. The minimum absolute atomic E-state index is 0.0886. The molecule has 0 aromatic carbocycles. The van der Waals surface area contributed by atoms with Crippen LogP contribution in [-0.2, 0) is 17.8 Å². The number of rotatable bonds is 5. The van der Waals surface area contributed by atoms with Gasteiger partial charge in [-0.2, -0.15) is 5.10 Å². The second kappa shape index (κ2) is 6.92. The maximum atomic E-state index is 12.9. The summed E-state index contributed by atoms with van der Waals surface area (Å²) in [7, 11) is 0. The molecule has 0 radical (unpaired) electrons. The summed E-state index contributed by atoms with van der Waals surface area (Å²) < 4.78 is 7.87. The van der Waals surface area contributed by atoms with Gasteiger partial charge < -0.3 is 9.64 Å². The highest BCUT2D eigenvalue weighted by molar-refractivity contribution is 5.92. The molecule has 1 unspecified atom stereocenters. The van der Waals surface area contributed by atoms with Crippen LogP contribution in [0.1, 0.15) is 34.7 Å². The molecule has 0 saturated heterocycles. The van der Waals surface area contributed by atoms with Crippen molar-refractivity contribution in [3.8, 4) is 0 Å². The van der Waals surface area contributed by atoms with Crippen molar-refractivity contribution in [3.63, 3.8) is 0 Å². The second-order valence-electron chi connectivity index (χ2n) is 7.08. The lowest BCUT2D eigenvalue weighted by molar-refractivity contribution is 0.0564. The molecule has 132 valence electrons. The van der Waals surface area contributed by atoms with Crippen molar-refractivity contribution < 1.29 is 9.53 Å². The highest BCUT2D eigenvalue weighted by atomic mass is 16.5. The largest absolute Gasteiger partial charge is 0.381 e. The molecule has 2 aromatic heterocycles. The van der Waals surface area contributed by atoms with Crippen molar-refractivity contribution in [3.05, 3.63) is 41.7 Å². The molecule has 7 nitrogen and oxygen atoms in total. The van der Waals surface area contributed by atoms with E-state index < -0.39 is 0 Å². The van der Waals surface area contributed by atoms with Crippen molar-refractivity contribution in [2.24, 2.45) is 11.8 Å². The van der Waals surface area contributed by atoms with Crippen LogP contribution in [0.3, 0.4) is 0 Å². The predicted octanol–water partition coefficient (Wildman–Crippen LogP) is 1.68. The molecule has 2 aromatic rings. The van der Waals surface area contributed by atoms with Crippen molar-refractivity contribution >= 4 is 5.91 Å². The molecule has 1 aliphatic heterocycles. The molecule has 1 amide bonds. The quantitative estimate of drug-likeness (QED) is 0.827. The summed E-state index contributed by atoms with van der Waals surface area (Å²) in [6.45, 7) is 5.30. The van der Waals surface area contributed by atoms with Gasteiger partial charge in [0.05, 0.1) is 30.7 Å². The third-order valence-electron chi connectivity index (χ3n) is 4.76. The van der Waals surface area contributed by atoms with E-state index in [0.717, 1.165) is 30.5 Å². The fourth-order valence-corrected chi connectivity index (χ4v) is 3.14. The molecule has 3 heterocycles. The zero-order valence-electron chi connectivity index (χ0n) is 14.5. The van der Waals surface area contributed by atoms with E-state index in [9.17, 15) is 4.79 Å². The molecule has 7 heteroatoms. The van der Waals surface area contributed by atoms with Gasteiger partial charge in [-0.3, -0.25) is 14.5 Å². The first kappa shape index (κ1) is 16.2. The average molecular weight is 341 g/mol. The van der Waals surface area contributed by atoms with Crippen LogP contribution < -0.4 is 0 Å². The summed E-state index contributed by atoms with van der Waals surface area (Å²) in [6, 6.07) is 1.97. The van der Waals surface area contributed by atoms with Crippen LogP contribution in [-0.4, -0.2) is 50.3 Å². The van der Waals surface area contributed by atoms with E-state index in [1.165, 1.54) is 12.8 Å². The fraction of sp³-hybridized carbons (Fsp3) is 0.556. The van der Waals surface area contributed by atoms with Gasteiger partial charge in [0.2, 0.25) is 0 Å². The van der Waals surface area contributed by atoms with Crippen LogP contribution >= 0.6 is 0 Å². The van der Waals surface area contributed by atoms with Crippen molar-refractivity contribution in [1.29, 1.82) is 0 Å². The lowest BCUT2D eigenvalue weighted by atomic mass is 10.1. The zero-order valence-corrected chi connectivity index (χ0v) is 14.5. The van der Waals surface area contributed by atoms with E-state index in [4.69, 9.17) is 4.74 Å². The Morgan fingerprint density at radius 3 is 2.80 bits per heavy atom. The third-order valence-corrected chi connectivity index (χ3v) is 4.76. The minimum Gasteiger partial charge on any atom is -0.381 e. The molecule has 1 saturated carbocycles. The van der Waals surface area contributed by atoms with Crippen LogP contribution in [0.2, 0.25) is 0 Å². The molecule has 0 N–H and O–H groups in total. The van der Waals surface area contributed by atoms with Gasteiger partial charge in [-0.15, -0.1) is 0 Å². The Kier molecular flexibility index (Phi) is 4.48. The standard InChI is InChI=1S/C18H23N5O2/c1-13-6-20-17(7-19-13)18(24)22-8-15(12-25-11-14-2-3-14)9-23-16(10-22)4-5-21-23/h4-7,14-15H,2-3,8-12H2,1H3. The molecule has 25 heavy (non-hydrogen) atoms. The molecular weight excluding hydrogens is 318 g/mol. The molecule has 0 bridgehead atoms. The van der Waals surface area contributed by atoms with Gasteiger partial charge >= 0.3 is 0 Å². The predicted molar refractivity (Wildman–Crippen MR) is 90.8 cm³/mol. The number of amides is 1. The van der Waals surface area contributed by atoms with Crippen molar-refractivity contribution in [1.82, 2.24) is 24.6 Å². The maximum absolute atomic E-state index is 12.9. The number of nitrogens with zero attached hydrogens (tertiary/aromatic N) is 5. The van der Waals surface area contributed by atoms with Gasteiger partial charge in [-0.1, -0.05) is 0 Å².